The lowest BCUT2D eigenvalue weighted by atomic mass is 9.93. The minimum Gasteiger partial charge on any atom is -0.489 e. The van der Waals surface area contributed by atoms with E-state index in [4.69, 9.17) is 9.84 Å². The number of nitrogens with zero attached hydrogens (tertiary/aromatic N) is 2. The molecule has 3 N–H and O–H groups in total. The topological polar surface area (TPSA) is 111 Å². The summed E-state index contributed by atoms with van der Waals surface area (Å²) in [7, 11) is -3.68. The van der Waals surface area contributed by atoms with Gasteiger partial charge in [-0.25, -0.2) is 8.42 Å². The highest BCUT2D eigenvalue weighted by Crippen LogP contribution is 2.54. The van der Waals surface area contributed by atoms with E-state index in [0.29, 0.717) is 40.7 Å². The third-order valence-corrected chi connectivity index (χ3v) is 9.85. The molecule has 9 nitrogen and oxygen atoms in total. The van der Waals surface area contributed by atoms with Gasteiger partial charge in [-0.3, -0.25) is 9.52 Å². The van der Waals surface area contributed by atoms with Crippen LogP contribution in [0.3, 0.4) is 0 Å². The summed E-state index contributed by atoms with van der Waals surface area (Å²) in [5.41, 5.74) is 3.81. The minimum atomic E-state index is -3.68. The molecule has 1 spiro atoms. The van der Waals surface area contributed by atoms with Gasteiger partial charge in [-0.1, -0.05) is 0 Å². The number of piperidine rings is 2. The van der Waals surface area contributed by atoms with Crippen LogP contribution in [-0.2, 0) is 10.0 Å². The van der Waals surface area contributed by atoms with Crippen LogP contribution in [0.4, 0.5) is 22.7 Å². The van der Waals surface area contributed by atoms with Crippen LogP contribution >= 0.6 is 0 Å². The number of ether oxygens (including phenoxy) is 1. The Balaban J connectivity index is 1.24. The first kappa shape index (κ1) is 25.3. The molecule has 3 heterocycles. The number of amides is 1. The summed E-state index contributed by atoms with van der Waals surface area (Å²) >= 11 is 0. The number of carbonyl (C=O) groups excluding carboxylic acids is 1. The second-order valence-electron chi connectivity index (χ2n) is 11.2. The van der Waals surface area contributed by atoms with Crippen LogP contribution in [0.2, 0.25) is 0 Å². The van der Waals surface area contributed by atoms with Crippen molar-refractivity contribution in [2.24, 2.45) is 5.41 Å². The van der Waals surface area contributed by atoms with E-state index in [9.17, 15) is 13.2 Å². The van der Waals surface area contributed by atoms with Gasteiger partial charge in [-0.15, -0.1) is 0 Å². The van der Waals surface area contributed by atoms with E-state index in [1.54, 1.807) is 18.2 Å². The molecule has 1 unspecified atom stereocenters. The molecule has 1 atom stereocenters. The molecule has 2 aromatic rings. The molecule has 6 rings (SSSR count). The fourth-order valence-electron chi connectivity index (χ4n) is 6.12. The lowest BCUT2D eigenvalue weighted by Crippen LogP contribution is -2.46. The molecule has 3 fully saturated rings. The van der Waals surface area contributed by atoms with E-state index in [-0.39, 0.29) is 11.7 Å². The smallest absolute Gasteiger partial charge is 0.257 e. The molecule has 204 valence electrons. The highest BCUT2D eigenvalue weighted by molar-refractivity contribution is 7.92. The predicted molar refractivity (Wildman–Crippen MR) is 149 cm³/mol. The zero-order valence-electron chi connectivity index (χ0n) is 21.6. The maximum absolute atomic E-state index is 13.6. The number of hydrogen-bond acceptors (Lipinski definition) is 7. The highest BCUT2D eigenvalue weighted by atomic mass is 32.2. The number of benzene rings is 2. The Morgan fingerprint density at radius 1 is 1.00 bits per heavy atom. The van der Waals surface area contributed by atoms with Crippen LogP contribution in [0.1, 0.15) is 55.3 Å². The summed E-state index contributed by atoms with van der Waals surface area (Å²) in [6.45, 7) is 2.90. The van der Waals surface area contributed by atoms with Crippen molar-refractivity contribution in [3.8, 4) is 5.75 Å². The average Bonchev–Trinajstić information content (AvgIpc) is 3.67. The van der Waals surface area contributed by atoms with Gasteiger partial charge >= 0.3 is 0 Å². The Morgan fingerprint density at radius 3 is 2.55 bits per heavy atom. The fraction of sp³-hybridized carbons (Fsp3) is 0.536. The molecule has 1 saturated carbocycles. The van der Waals surface area contributed by atoms with Gasteiger partial charge < -0.3 is 25.0 Å². The number of aliphatic hydroxyl groups is 1. The number of aliphatic hydroxyl groups excluding tert-OH is 1. The monoisotopic (exact) mass is 540 g/mol. The summed E-state index contributed by atoms with van der Waals surface area (Å²) < 4.78 is 33.1. The first-order chi connectivity index (χ1) is 18.3. The van der Waals surface area contributed by atoms with Gasteiger partial charge in [-0.05, 0) is 80.7 Å². The number of fused-ring (bicyclic) bond motifs is 3. The maximum atomic E-state index is 13.6. The van der Waals surface area contributed by atoms with Gasteiger partial charge in [0.15, 0.2) is 0 Å². The zero-order valence-corrected chi connectivity index (χ0v) is 22.4. The van der Waals surface area contributed by atoms with Gasteiger partial charge in [0.05, 0.1) is 41.0 Å². The molecule has 2 aromatic carbocycles. The Morgan fingerprint density at radius 2 is 1.79 bits per heavy atom. The SMILES string of the molecule is O=C(Nc1ccc2c(c1)OCC1CCCCN21)c1ccc(NS(=O)(=O)CCO)cc1N1CCC2(CC1)CC2. The van der Waals surface area contributed by atoms with Crippen molar-refractivity contribution in [3.63, 3.8) is 0 Å². The molecule has 10 heteroatoms. The molecule has 0 aromatic heterocycles. The van der Waals surface area contributed by atoms with Crippen molar-refractivity contribution >= 4 is 38.7 Å². The van der Waals surface area contributed by atoms with Crippen LogP contribution < -0.4 is 24.6 Å². The van der Waals surface area contributed by atoms with Crippen LogP contribution in [0, 0.1) is 5.41 Å². The number of hydrogen-bond donors (Lipinski definition) is 3. The van der Waals surface area contributed by atoms with Crippen molar-refractivity contribution in [1.29, 1.82) is 0 Å². The number of rotatable bonds is 7. The summed E-state index contributed by atoms with van der Waals surface area (Å²) in [5.74, 6) is 0.165. The summed E-state index contributed by atoms with van der Waals surface area (Å²) in [6.07, 6.45) is 8.26. The number of carbonyl (C=O) groups is 1. The van der Waals surface area contributed by atoms with E-state index in [0.717, 1.165) is 50.3 Å². The van der Waals surface area contributed by atoms with Crippen molar-refractivity contribution in [1.82, 2.24) is 0 Å². The van der Waals surface area contributed by atoms with Gasteiger partial charge in [0.2, 0.25) is 10.0 Å². The Kier molecular flexibility index (Phi) is 6.63. The first-order valence-corrected chi connectivity index (χ1v) is 15.4. The van der Waals surface area contributed by atoms with Crippen molar-refractivity contribution < 1.29 is 23.1 Å². The molecule has 4 aliphatic rings. The Hall–Kier alpha value is -2.98. The summed E-state index contributed by atoms with van der Waals surface area (Å²) in [4.78, 5) is 18.2. The van der Waals surface area contributed by atoms with Gasteiger partial charge in [0.1, 0.15) is 12.4 Å². The maximum Gasteiger partial charge on any atom is 0.257 e. The van der Waals surface area contributed by atoms with Gasteiger partial charge in [-0.2, -0.15) is 0 Å². The van der Waals surface area contributed by atoms with E-state index >= 15 is 0 Å². The highest BCUT2D eigenvalue weighted by Gasteiger charge is 2.44. The van der Waals surface area contributed by atoms with Gasteiger partial charge in [0, 0.05) is 31.4 Å². The molecule has 1 aliphatic carbocycles. The average molecular weight is 541 g/mol. The molecule has 3 aliphatic heterocycles. The van der Waals surface area contributed by atoms with E-state index < -0.39 is 16.6 Å². The fourth-order valence-corrected chi connectivity index (χ4v) is 6.95. The van der Waals surface area contributed by atoms with Crippen LogP contribution in [0.5, 0.6) is 5.75 Å². The lowest BCUT2D eigenvalue weighted by Gasteiger charge is -2.41. The third kappa shape index (κ3) is 5.16. The zero-order chi connectivity index (χ0) is 26.3. The molecule has 38 heavy (non-hydrogen) atoms. The Bertz CT molecular complexity index is 1320. The molecular weight excluding hydrogens is 504 g/mol. The molecule has 0 radical (unpaired) electrons. The predicted octanol–water partition coefficient (Wildman–Crippen LogP) is 3.80. The molecule has 0 bridgehead atoms. The van der Waals surface area contributed by atoms with Crippen molar-refractivity contribution in [2.45, 2.75) is 51.0 Å². The normalized spacial score (nSPS) is 21.8. The minimum absolute atomic E-state index is 0.247. The molecule has 2 saturated heterocycles. The lowest BCUT2D eigenvalue weighted by molar-refractivity contribution is 0.102. The quantitative estimate of drug-likeness (QED) is 0.490. The third-order valence-electron chi connectivity index (χ3n) is 8.58. The van der Waals surface area contributed by atoms with Crippen LogP contribution in [0.15, 0.2) is 36.4 Å². The van der Waals surface area contributed by atoms with Gasteiger partial charge in [0.25, 0.3) is 5.91 Å². The van der Waals surface area contributed by atoms with Crippen molar-refractivity contribution in [2.75, 3.05) is 58.4 Å². The van der Waals surface area contributed by atoms with E-state index in [1.165, 1.54) is 25.7 Å². The second kappa shape index (κ2) is 9.96. The molecule has 1 amide bonds. The standard InChI is InChI=1S/C28H36N4O5S/c33-15-16-38(35,36)30-21-4-6-23(25(17-21)31-13-10-28(8-9-28)11-14-31)27(34)29-20-5-7-24-26(18-20)37-19-22-3-1-2-12-32(22)24/h4-7,17-18,22,30,33H,1-3,8-16,19H2,(H,29,34). The van der Waals surface area contributed by atoms with Crippen LogP contribution in [-0.4, -0.2) is 64.1 Å². The molecular formula is C28H36N4O5S. The van der Waals surface area contributed by atoms with E-state index in [2.05, 4.69) is 19.8 Å². The Labute approximate surface area is 224 Å². The second-order valence-corrected chi connectivity index (χ2v) is 13.0. The van der Waals surface area contributed by atoms with Crippen molar-refractivity contribution in [3.05, 3.63) is 42.0 Å². The van der Waals surface area contributed by atoms with Crippen LogP contribution in [0.25, 0.3) is 0 Å². The van der Waals surface area contributed by atoms with E-state index in [1.807, 2.05) is 18.2 Å². The summed E-state index contributed by atoms with van der Waals surface area (Å²) in [6, 6.07) is 11.3. The number of nitrogens with one attached hydrogen (secondary N) is 2. The number of anilines is 4. The first-order valence-electron chi connectivity index (χ1n) is 13.7. The summed E-state index contributed by atoms with van der Waals surface area (Å²) in [5, 5.41) is 12.1. The largest absolute Gasteiger partial charge is 0.489 e. The number of sulfonamides is 1.